The average Bonchev–Trinajstić information content (AvgIpc) is 2.26. The first kappa shape index (κ1) is 11.7. The van der Waals surface area contributed by atoms with Crippen LogP contribution < -0.4 is 0 Å². The lowest BCUT2D eigenvalue weighted by atomic mass is 10.1. The highest BCUT2D eigenvalue weighted by Crippen LogP contribution is 2.15. The SMILES string of the molecule is CCC(O)CCc1cccc([N+](=O)[O-])c1. The van der Waals surface area contributed by atoms with E-state index in [2.05, 4.69) is 0 Å². The van der Waals surface area contributed by atoms with Crippen molar-refractivity contribution in [2.75, 3.05) is 0 Å². The molecule has 0 aromatic heterocycles. The summed E-state index contributed by atoms with van der Waals surface area (Å²) < 4.78 is 0. The molecule has 1 unspecified atom stereocenters. The van der Waals surface area contributed by atoms with Gasteiger partial charge in [-0.05, 0) is 24.8 Å². The number of nitrogens with zero attached hydrogens (tertiary/aromatic N) is 1. The first-order chi connectivity index (χ1) is 7.13. The second-order valence-electron chi connectivity index (χ2n) is 3.53. The molecule has 1 N–H and O–H groups in total. The third-order valence-electron chi connectivity index (χ3n) is 2.36. The molecule has 1 aromatic carbocycles. The third-order valence-corrected chi connectivity index (χ3v) is 2.36. The highest BCUT2D eigenvalue weighted by molar-refractivity contribution is 5.34. The number of hydrogen-bond donors (Lipinski definition) is 1. The van der Waals surface area contributed by atoms with Gasteiger partial charge in [-0.25, -0.2) is 0 Å². The van der Waals surface area contributed by atoms with E-state index in [-0.39, 0.29) is 11.8 Å². The Bertz CT molecular complexity index is 338. The van der Waals surface area contributed by atoms with Crippen molar-refractivity contribution in [1.82, 2.24) is 0 Å². The lowest BCUT2D eigenvalue weighted by molar-refractivity contribution is -0.384. The number of nitro benzene ring substituents is 1. The van der Waals surface area contributed by atoms with Gasteiger partial charge in [0.1, 0.15) is 0 Å². The molecule has 4 heteroatoms. The Morgan fingerprint density at radius 3 is 2.87 bits per heavy atom. The number of non-ortho nitro benzene ring substituents is 1. The first-order valence-corrected chi connectivity index (χ1v) is 5.05. The van der Waals surface area contributed by atoms with E-state index in [1.165, 1.54) is 6.07 Å². The highest BCUT2D eigenvalue weighted by atomic mass is 16.6. The molecule has 4 nitrogen and oxygen atoms in total. The first-order valence-electron chi connectivity index (χ1n) is 5.05. The summed E-state index contributed by atoms with van der Waals surface area (Å²) in [5, 5.41) is 19.9. The summed E-state index contributed by atoms with van der Waals surface area (Å²) in [6.45, 7) is 1.91. The van der Waals surface area contributed by atoms with Gasteiger partial charge in [-0.1, -0.05) is 19.1 Å². The highest BCUT2D eigenvalue weighted by Gasteiger charge is 2.07. The molecule has 0 spiro atoms. The van der Waals surface area contributed by atoms with Gasteiger partial charge in [0, 0.05) is 12.1 Å². The minimum absolute atomic E-state index is 0.110. The molecule has 0 saturated heterocycles. The van der Waals surface area contributed by atoms with Crippen LogP contribution in [0.3, 0.4) is 0 Å². The van der Waals surface area contributed by atoms with Crippen molar-refractivity contribution in [3.8, 4) is 0 Å². The number of nitro groups is 1. The summed E-state index contributed by atoms with van der Waals surface area (Å²) in [4.78, 5) is 10.1. The van der Waals surface area contributed by atoms with E-state index in [0.717, 1.165) is 12.0 Å². The van der Waals surface area contributed by atoms with Crippen LogP contribution >= 0.6 is 0 Å². The number of aryl methyl sites for hydroxylation is 1. The Balaban J connectivity index is 2.62. The molecule has 1 rings (SSSR count). The summed E-state index contributed by atoms with van der Waals surface area (Å²) >= 11 is 0. The lowest BCUT2D eigenvalue weighted by Crippen LogP contribution is -2.05. The van der Waals surface area contributed by atoms with Crippen molar-refractivity contribution in [2.24, 2.45) is 0 Å². The topological polar surface area (TPSA) is 63.4 Å². The Morgan fingerprint density at radius 2 is 2.27 bits per heavy atom. The van der Waals surface area contributed by atoms with Gasteiger partial charge in [-0.15, -0.1) is 0 Å². The van der Waals surface area contributed by atoms with Gasteiger partial charge in [0.05, 0.1) is 11.0 Å². The number of aliphatic hydroxyl groups is 1. The molecule has 0 aliphatic rings. The molecule has 1 atom stereocenters. The minimum atomic E-state index is -0.403. The molecular weight excluding hydrogens is 194 g/mol. The largest absolute Gasteiger partial charge is 0.393 e. The fourth-order valence-corrected chi connectivity index (χ4v) is 1.36. The molecule has 82 valence electrons. The van der Waals surface area contributed by atoms with Gasteiger partial charge in [0.25, 0.3) is 5.69 Å². The van der Waals surface area contributed by atoms with Crippen LogP contribution in [-0.4, -0.2) is 16.1 Å². The van der Waals surface area contributed by atoms with Crippen molar-refractivity contribution in [3.63, 3.8) is 0 Å². The van der Waals surface area contributed by atoms with Gasteiger partial charge >= 0.3 is 0 Å². The molecule has 0 fully saturated rings. The zero-order chi connectivity index (χ0) is 11.3. The van der Waals surface area contributed by atoms with Crippen molar-refractivity contribution in [1.29, 1.82) is 0 Å². The molecule has 0 radical (unpaired) electrons. The van der Waals surface area contributed by atoms with Crippen LogP contribution in [0.2, 0.25) is 0 Å². The van der Waals surface area contributed by atoms with Crippen molar-refractivity contribution in [3.05, 3.63) is 39.9 Å². The van der Waals surface area contributed by atoms with E-state index in [9.17, 15) is 15.2 Å². The van der Waals surface area contributed by atoms with E-state index in [1.807, 2.05) is 13.0 Å². The average molecular weight is 209 g/mol. The van der Waals surface area contributed by atoms with Crippen molar-refractivity contribution >= 4 is 5.69 Å². The Morgan fingerprint density at radius 1 is 1.53 bits per heavy atom. The summed E-state index contributed by atoms with van der Waals surface area (Å²) in [5.74, 6) is 0. The molecule has 0 heterocycles. The van der Waals surface area contributed by atoms with Gasteiger partial charge in [-0.2, -0.15) is 0 Å². The molecule has 15 heavy (non-hydrogen) atoms. The number of aliphatic hydroxyl groups excluding tert-OH is 1. The van der Waals surface area contributed by atoms with Crippen LogP contribution in [0.15, 0.2) is 24.3 Å². The van der Waals surface area contributed by atoms with Crippen molar-refractivity contribution < 1.29 is 10.0 Å². The zero-order valence-electron chi connectivity index (χ0n) is 8.72. The quantitative estimate of drug-likeness (QED) is 0.597. The predicted molar refractivity (Wildman–Crippen MR) is 57.7 cm³/mol. The Hall–Kier alpha value is -1.42. The van der Waals surface area contributed by atoms with Crippen LogP contribution in [0.5, 0.6) is 0 Å². The number of rotatable bonds is 5. The van der Waals surface area contributed by atoms with Crippen molar-refractivity contribution in [2.45, 2.75) is 32.3 Å². The van der Waals surface area contributed by atoms with E-state index in [1.54, 1.807) is 12.1 Å². The lowest BCUT2D eigenvalue weighted by Gasteiger charge is -2.06. The Labute approximate surface area is 88.7 Å². The second-order valence-corrected chi connectivity index (χ2v) is 3.53. The maximum atomic E-state index is 10.5. The van der Waals surface area contributed by atoms with E-state index in [4.69, 9.17) is 0 Å². The maximum absolute atomic E-state index is 10.5. The normalized spacial score (nSPS) is 12.4. The fourth-order valence-electron chi connectivity index (χ4n) is 1.36. The molecule has 1 aromatic rings. The Kier molecular flexibility index (Phi) is 4.24. The van der Waals surface area contributed by atoms with Gasteiger partial charge < -0.3 is 5.11 Å². The summed E-state index contributed by atoms with van der Waals surface area (Å²) in [7, 11) is 0. The van der Waals surface area contributed by atoms with E-state index in [0.29, 0.717) is 12.8 Å². The predicted octanol–water partition coefficient (Wildman–Crippen LogP) is 2.30. The summed E-state index contributed by atoms with van der Waals surface area (Å²) in [5.41, 5.74) is 1.01. The van der Waals surface area contributed by atoms with Crippen LogP contribution in [0.25, 0.3) is 0 Å². The van der Waals surface area contributed by atoms with E-state index < -0.39 is 4.92 Å². The second kappa shape index (κ2) is 5.46. The van der Waals surface area contributed by atoms with Crippen LogP contribution in [0.1, 0.15) is 25.3 Å². The van der Waals surface area contributed by atoms with Crippen LogP contribution in [0.4, 0.5) is 5.69 Å². The maximum Gasteiger partial charge on any atom is 0.269 e. The van der Waals surface area contributed by atoms with E-state index >= 15 is 0 Å². The third kappa shape index (κ3) is 3.67. The number of hydrogen-bond acceptors (Lipinski definition) is 3. The summed E-state index contributed by atoms with van der Waals surface area (Å²) in [6.07, 6.45) is 1.73. The van der Waals surface area contributed by atoms with Crippen LogP contribution in [-0.2, 0) is 6.42 Å². The molecule has 0 aliphatic carbocycles. The molecule has 0 amide bonds. The minimum Gasteiger partial charge on any atom is -0.393 e. The van der Waals surface area contributed by atoms with Crippen LogP contribution in [0, 0.1) is 10.1 Å². The van der Waals surface area contributed by atoms with Gasteiger partial charge in [-0.3, -0.25) is 10.1 Å². The standard InChI is InChI=1S/C11H15NO3/c1-2-11(13)7-6-9-4-3-5-10(8-9)12(14)15/h3-5,8,11,13H,2,6-7H2,1H3. The zero-order valence-corrected chi connectivity index (χ0v) is 8.72. The van der Waals surface area contributed by atoms with Gasteiger partial charge in [0.2, 0.25) is 0 Å². The molecule has 0 bridgehead atoms. The fraction of sp³-hybridized carbons (Fsp3) is 0.455. The van der Waals surface area contributed by atoms with Gasteiger partial charge in [0.15, 0.2) is 0 Å². The molecule has 0 saturated carbocycles. The smallest absolute Gasteiger partial charge is 0.269 e. The molecule has 0 aliphatic heterocycles. The monoisotopic (exact) mass is 209 g/mol. The molecular formula is C11H15NO3. The number of benzene rings is 1. The summed E-state index contributed by atoms with van der Waals surface area (Å²) in [6, 6.07) is 6.54.